The second-order valence-electron chi connectivity index (χ2n) is 7.68. The van der Waals surface area contributed by atoms with Crippen LogP contribution in [0.5, 0.6) is 0 Å². The van der Waals surface area contributed by atoms with Crippen molar-refractivity contribution in [2.75, 3.05) is 4.90 Å². The molecule has 0 spiro atoms. The number of halogens is 1. The SMILES string of the molecule is O=C(c1cccc([N+](=O)[O-])c1)C1C2C(=O)N(c3ccc(F)cc3)C(=O)C2C2C=CC=NN21. The number of hydrazone groups is 1. The van der Waals surface area contributed by atoms with Gasteiger partial charge in [-0.3, -0.25) is 29.5 Å². The number of nitrogens with zero attached hydrogens (tertiary/aromatic N) is 4. The molecule has 4 atom stereocenters. The third-order valence-electron chi connectivity index (χ3n) is 5.99. The molecule has 2 aromatic rings. The number of benzene rings is 2. The molecule has 32 heavy (non-hydrogen) atoms. The first-order valence-electron chi connectivity index (χ1n) is 9.79. The number of Topliss-reactive ketones (excluding diaryl/α,β-unsaturated/α-hetero) is 1. The average molecular weight is 434 g/mol. The highest BCUT2D eigenvalue weighted by molar-refractivity contribution is 6.24. The molecule has 2 fully saturated rings. The Balaban J connectivity index is 1.57. The number of ketones is 1. The number of carbonyl (C=O) groups is 3. The summed E-state index contributed by atoms with van der Waals surface area (Å²) in [6.07, 6.45) is 4.79. The maximum absolute atomic E-state index is 13.5. The maximum atomic E-state index is 13.5. The number of hydrogen-bond acceptors (Lipinski definition) is 7. The number of amides is 2. The Hall–Kier alpha value is -4.21. The van der Waals surface area contributed by atoms with E-state index in [1.165, 1.54) is 41.6 Å². The van der Waals surface area contributed by atoms with Crippen molar-refractivity contribution in [1.82, 2.24) is 5.01 Å². The second-order valence-corrected chi connectivity index (χ2v) is 7.68. The van der Waals surface area contributed by atoms with Crippen LogP contribution in [0.1, 0.15) is 10.4 Å². The minimum absolute atomic E-state index is 0.0498. The molecule has 0 bridgehead atoms. The van der Waals surface area contributed by atoms with Crippen molar-refractivity contribution >= 4 is 35.2 Å². The molecule has 2 aromatic carbocycles. The molecule has 0 aliphatic carbocycles. The van der Waals surface area contributed by atoms with Gasteiger partial charge < -0.3 is 0 Å². The van der Waals surface area contributed by atoms with E-state index in [1.54, 1.807) is 12.2 Å². The van der Waals surface area contributed by atoms with Crippen LogP contribution in [0.15, 0.2) is 65.8 Å². The van der Waals surface area contributed by atoms with E-state index < -0.39 is 52.3 Å². The van der Waals surface area contributed by atoms with E-state index in [1.807, 2.05) is 0 Å². The summed E-state index contributed by atoms with van der Waals surface area (Å²) in [5.74, 6) is -4.05. The van der Waals surface area contributed by atoms with Crippen molar-refractivity contribution in [3.63, 3.8) is 0 Å². The fourth-order valence-electron chi connectivity index (χ4n) is 4.63. The fraction of sp³-hybridized carbons (Fsp3) is 0.182. The van der Waals surface area contributed by atoms with E-state index in [2.05, 4.69) is 5.10 Å². The van der Waals surface area contributed by atoms with Crippen LogP contribution in [-0.4, -0.2) is 45.8 Å². The van der Waals surface area contributed by atoms with Gasteiger partial charge in [-0.2, -0.15) is 5.10 Å². The first kappa shape index (κ1) is 19.7. The lowest BCUT2D eigenvalue weighted by Gasteiger charge is -2.30. The van der Waals surface area contributed by atoms with Crippen molar-refractivity contribution in [1.29, 1.82) is 0 Å². The molecule has 3 heterocycles. The predicted molar refractivity (Wildman–Crippen MR) is 110 cm³/mol. The van der Waals surface area contributed by atoms with Gasteiger partial charge in [0.1, 0.15) is 11.9 Å². The third kappa shape index (κ3) is 2.83. The lowest BCUT2D eigenvalue weighted by Crippen LogP contribution is -2.46. The highest BCUT2D eigenvalue weighted by Gasteiger charge is 2.64. The molecule has 0 saturated carbocycles. The van der Waals surface area contributed by atoms with E-state index in [0.717, 1.165) is 23.1 Å². The van der Waals surface area contributed by atoms with Crippen LogP contribution < -0.4 is 4.90 Å². The van der Waals surface area contributed by atoms with Crippen molar-refractivity contribution in [2.45, 2.75) is 12.1 Å². The summed E-state index contributed by atoms with van der Waals surface area (Å²) >= 11 is 0. The van der Waals surface area contributed by atoms with Crippen LogP contribution in [-0.2, 0) is 9.59 Å². The zero-order chi connectivity index (χ0) is 22.6. The van der Waals surface area contributed by atoms with Gasteiger partial charge in [0.2, 0.25) is 11.8 Å². The summed E-state index contributed by atoms with van der Waals surface area (Å²) < 4.78 is 13.4. The summed E-state index contributed by atoms with van der Waals surface area (Å²) in [5, 5.41) is 16.8. The van der Waals surface area contributed by atoms with Gasteiger partial charge in [0, 0.05) is 23.9 Å². The minimum atomic E-state index is -1.12. The smallest absolute Gasteiger partial charge is 0.270 e. The van der Waals surface area contributed by atoms with Gasteiger partial charge in [0.05, 0.1) is 28.5 Å². The second kappa shape index (κ2) is 7.19. The van der Waals surface area contributed by atoms with E-state index >= 15 is 0 Å². The molecule has 0 aromatic heterocycles. The average Bonchev–Trinajstić information content (AvgIpc) is 3.27. The van der Waals surface area contributed by atoms with Gasteiger partial charge >= 0.3 is 0 Å². The van der Waals surface area contributed by atoms with E-state index in [4.69, 9.17) is 0 Å². The number of imide groups is 1. The number of nitro benzene ring substituents is 1. The molecular formula is C22H15FN4O5. The minimum Gasteiger partial charge on any atom is -0.292 e. The highest BCUT2D eigenvalue weighted by atomic mass is 19.1. The lowest BCUT2D eigenvalue weighted by molar-refractivity contribution is -0.384. The van der Waals surface area contributed by atoms with Crippen molar-refractivity contribution in [2.24, 2.45) is 16.9 Å². The number of carbonyl (C=O) groups excluding carboxylic acids is 3. The number of hydrogen-bond donors (Lipinski definition) is 0. The topological polar surface area (TPSA) is 113 Å². The Morgan fingerprint density at radius 2 is 1.78 bits per heavy atom. The van der Waals surface area contributed by atoms with Gasteiger partial charge in [-0.1, -0.05) is 18.2 Å². The quantitative estimate of drug-likeness (QED) is 0.316. The summed E-state index contributed by atoms with van der Waals surface area (Å²) in [7, 11) is 0. The highest BCUT2D eigenvalue weighted by Crippen LogP contribution is 2.46. The third-order valence-corrected chi connectivity index (χ3v) is 5.99. The standard InChI is InChI=1S/C22H15FN4O5/c23-13-6-8-14(9-7-13)25-21(29)17-16-5-2-10-24-26(16)19(18(17)22(25)30)20(28)12-3-1-4-15(11-12)27(31)32/h1-11,16-19H. The Kier molecular flexibility index (Phi) is 4.43. The molecular weight excluding hydrogens is 419 g/mol. The summed E-state index contributed by atoms with van der Waals surface area (Å²) in [6.45, 7) is 0. The monoisotopic (exact) mass is 434 g/mol. The molecule has 9 nitrogen and oxygen atoms in total. The van der Waals surface area contributed by atoms with Gasteiger partial charge in [-0.25, -0.2) is 9.29 Å². The molecule has 3 aliphatic rings. The Morgan fingerprint density at radius 3 is 2.50 bits per heavy atom. The van der Waals surface area contributed by atoms with Crippen LogP contribution >= 0.6 is 0 Å². The molecule has 4 unspecified atom stereocenters. The fourth-order valence-corrected chi connectivity index (χ4v) is 4.63. The van der Waals surface area contributed by atoms with Gasteiger partial charge in [-0.15, -0.1) is 0 Å². The zero-order valence-corrected chi connectivity index (χ0v) is 16.4. The molecule has 10 heteroatoms. The molecule has 0 N–H and O–H groups in total. The largest absolute Gasteiger partial charge is 0.292 e. The van der Waals surface area contributed by atoms with Crippen LogP contribution in [0.3, 0.4) is 0 Å². The van der Waals surface area contributed by atoms with Crippen LogP contribution in [0.2, 0.25) is 0 Å². The molecule has 3 aliphatic heterocycles. The van der Waals surface area contributed by atoms with Crippen molar-refractivity contribution in [3.05, 3.63) is 82.2 Å². The summed E-state index contributed by atoms with van der Waals surface area (Å²) in [5.41, 5.74) is 0.00627. The first-order chi connectivity index (χ1) is 15.4. The molecule has 5 rings (SSSR count). The number of non-ortho nitro benzene ring substituents is 1. The van der Waals surface area contributed by atoms with Gasteiger partial charge in [-0.05, 0) is 30.3 Å². The normalized spacial score (nSPS) is 25.8. The number of rotatable bonds is 4. The van der Waals surface area contributed by atoms with Gasteiger partial charge in [0.25, 0.3) is 5.69 Å². The predicted octanol–water partition coefficient (Wildman–Crippen LogP) is 2.33. The number of nitro groups is 1. The number of allylic oxidation sites excluding steroid dienone is 1. The summed E-state index contributed by atoms with van der Waals surface area (Å²) in [4.78, 5) is 51.7. The number of anilines is 1. The molecule has 0 radical (unpaired) electrons. The van der Waals surface area contributed by atoms with Gasteiger partial charge in [0.15, 0.2) is 5.78 Å². The first-order valence-corrected chi connectivity index (χ1v) is 9.79. The zero-order valence-electron chi connectivity index (χ0n) is 16.4. The van der Waals surface area contributed by atoms with E-state index in [-0.39, 0.29) is 16.9 Å². The van der Waals surface area contributed by atoms with Crippen LogP contribution in [0.4, 0.5) is 15.8 Å². The van der Waals surface area contributed by atoms with Crippen LogP contribution in [0.25, 0.3) is 0 Å². The summed E-state index contributed by atoms with van der Waals surface area (Å²) in [6, 6.07) is 8.44. The Labute approximate surface area is 180 Å². The molecule has 160 valence electrons. The number of fused-ring (bicyclic) bond motifs is 3. The van der Waals surface area contributed by atoms with E-state index in [0.29, 0.717) is 0 Å². The maximum Gasteiger partial charge on any atom is 0.270 e. The van der Waals surface area contributed by atoms with Crippen molar-refractivity contribution in [3.8, 4) is 0 Å². The molecule has 2 saturated heterocycles. The van der Waals surface area contributed by atoms with Crippen molar-refractivity contribution < 1.29 is 23.7 Å². The van der Waals surface area contributed by atoms with Crippen LogP contribution in [0, 0.1) is 27.8 Å². The van der Waals surface area contributed by atoms with E-state index in [9.17, 15) is 28.9 Å². The molecule has 2 amide bonds. The Morgan fingerprint density at radius 1 is 1.06 bits per heavy atom. The lowest BCUT2D eigenvalue weighted by atomic mass is 9.86. The Bertz CT molecular complexity index is 1230.